The smallest absolute Gasteiger partial charge is 0.283 e. The quantitative estimate of drug-likeness (QED) is 0.311. The molecule has 0 saturated heterocycles. The number of phenols is 2. The Labute approximate surface area is 186 Å². The minimum Gasteiger partial charge on any atom is -0.506 e. The predicted octanol–water partition coefficient (Wildman–Crippen LogP) is 5.89. The van der Waals surface area contributed by atoms with E-state index in [2.05, 4.69) is 0 Å². The molecule has 0 aliphatic rings. The van der Waals surface area contributed by atoms with E-state index < -0.39 is 37.5 Å². The summed E-state index contributed by atoms with van der Waals surface area (Å²) < 4.78 is 33.9. The number of hydrogen-bond donors (Lipinski definition) is 3. The van der Waals surface area contributed by atoms with Gasteiger partial charge in [0.05, 0.1) is 10.0 Å². The van der Waals surface area contributed by atoms with Gasteiger partial charge in [0.25, 0.3) is 10.1 Å². The molecule has 5 nitrogen and oxygen atoms in total. The highest BCUT2D eigenvalue weighted by Gasteiger charge is 2.52. The van der Waals surface area contributed by atoms with Crippen molar-refractivity contribution in [2.24, 2.45) is 0 Å². The Morgan fingerprint density at radius 3 is 1.52 bits per heavy atom. The zero-order valence-electron chi connectivity index (χ0n) is 14.3. The highest BCUT2D eigenvalue weighted by molar-refractivity contribution is 7.87. The second kappa shape index (κ2) is 7.87. The molecule has 3 N–H and O–H groups in total. The lowest BCUT2D eigenvalue weighted by atomic mass is 9.83. The highest BCUT2D eigenvalue weighted by Crippen LogP contribution is 2.53. The van der Waals surface area contributed by atoms with E-state index in [9.17, 15) is 23.2 Å². The minimum absolute atomic E-state index is 0.0145. The van der Waals surface area contributed by atoms with E-state index in [-0.39, 0.29) is 25.7 Å². The molecule has 0 heterocycles. The summed E-state index contributed by atoms with van der Waals surface area (Å²) in [7, 11) is -5.15. The van der Waals surface area contributed by atoms with Crippen molar-refractivity contribution in [3.63, 3.8) is 0 Å². The monoisotopic (exact) mass is 492 g/mol. The van der Waals surface area contributed by atoms with Crippen LogP contribution in [0.2, 0.25) is 20.1 Å². The molecule has 0 unspecified atom stereocenters. The zero-order valence-corrected chi connectivity index (χ0v) is 18.1. The summed E-state index contributed by atoms with van der Waals surface area (Å²) in [6.07, 6.45) is 0. The van der Waals surface area contributed by atoms with Crippen LogP contribution in [0, 0.1) is 0 Å². The second-order valence-corrected chi connectivity index (χ2v) is 9.34. The first kappa shape index (κ1) is 22.0. The van der Waals surface area contributed by atoms with Gasteiger partial charge < -0.3 is 10.2 Å². The Balaban J connectivity index is 2.66. The van der Waals surface area contributed by atoms with E-state index in [1.165, 1.54) is 36.4 Å². The average Bonchev–Trinajstić information content (AvgIpc) is 2.63. The molecule has 0 bridgehead atoms. The molecule has 0 amide bonds. The van der Waals surface area contributed by atoms with Gasteiger partial charge in [0.1, 0.15) is 11.5 Å². The molecule has 0 aliphatic carbocycles. The minimum atomic E-state index is -5.15. The topological polar surface area (TPSA) is 94.8 Å². The number of phenolic OH excluding ortho intramolecular Hbond substituents is 2. The fourth-order valence-electron chi connectivity index (χ4n) is 3.22. The molecule has 3 rings (SSSR count). The summed E-state index contributed by atoms with van der Waals surface area (Å²) in [6.45, 7) is 0. The van der Waals surface area contributed by atoms with Crippen LogP contribution in [0.1, 0.15) is 16.7 Å². The predicted molar refractivity (Wildman–Crippen MR) is 114 cm³/mol. The summed E-state index contributed by atoms with van der Waals surface area (Å²) in [6, 6.07) is 12.1. The van der Waals surface area contributed by atoms with Crippen LogP contribution in [0.3, 0.4) is 0 Å². The van der Waals surface area contributed by atoms with E-state index in [0.717, 1.165) is 12.1 Å². The molecular weight excluding hydrogens is 482 g/mol. The standard InChI is InChI=1S/C19H12Cl4O5S/c20-11-6-13(17(24)15(22)8-11)19(29(26,27)28,10-4-2-1-3-5-10)14-7-12(21)9-16(23)18(14)25/h1-9,24-25H,(H,26,27,28). The van der Waals surface area contributed by atoms with Crippen molar-refractivity contribution >= 4 is 56.5 Å². The van der Waals surface area contributed by atoms with Crippen LogP contribution in [-0.2, 0) is 14.9 Å². The van der Waals surface area contributed by atoms with Gasteiger partial charge in [0.2, 0.25) is 0 Å². The van der Waals surface area contributed by atoms with Gasteiger partial charge >= 0.3 is 0 Å². The molecule has 0 spiro atoms. The van der Waals surface area contributed by atoms with Gasteiger partial charge in [0.15, 0.2) is 4.75 Å². The zero-order chi connectivity index (χ0) is 21.6. The van der Waals surface area contributed by atoms with Gasteiger partial charge in [-0.25, -0.2) is 0 Å². The average molecular weight is 494 g/mol. The first-order chi connectivity index (χ1) is 13.5. The normalized spacial score (nSPS) is 12.2. The Bertz CT molecular complexity index is 1140. The van der Waals surface area contributed by atoms with E-state index in [4.69, 9.17) is 46.4 Å². The van der Waals surface area contributed by atoms with Crippen molar-refractivity contribution < 1.29 is 23.2 Å². The van der Waals surface area contributed by atoms with Crippen LogP contribution in [0.25, 0.3) is 0 Å². The Kier molecular flexibility index (Phi) is 5.98. The first-order valence-corrected chi connectivity index (χ1v) is 10.8. The van der Waals surface area contributed by atoms with Crippen molar-refractivity contribution in [1.82, 2.24) is 0 Å². The van der Waals surface area contributed by atoms with Crippen LogP contribution in [0.15, 0.2) is 54.6 Å². The van der Waals surface area contributed by atoms with Crippen LogP contribution in [0.4, 0.5) is 0 Å². The summed E-state index contributed by atoms with van der Waals surface area (Å²) in [4.78, 5) is 0. The lowest BCUT2D eigenvalue weighted by Crippen LogP contribution is -2.38. The third kappa shape index (κ3) is 3.65. The SMILES string of the molecule is O=S(=O)(O)C(c1ccccc1)(c1cc(Cl)cc(Cl)c1O)c1cc(Cl)cc(Cl)c1O. The van der Waals surface area contributed by atoms with Gasteiger partial charge in [-0.2, -0.15) is 8.42 Å². The van der Waals surface area contributed by atoms with Gasteiger partial charge in [0, 0.05) is 21.2 Å². The lowest BCUT2D eigenvalue weighted by molar-refractivity contribution is 0.428. The molecule has 0 saturated carbocycles. The molecule has 0 atom stereocenters. The summed E-state index contributed by atoms with van der Waals surface area (Å²) in [5.41, 5.74) is -0.806. The molecule has 10 heteroatoms. The van der Waals surface area contributed by atoms with Crippen molar-refractivity contribution in [2.45, 2.75) is 4.75 Å². The Hall–Kier alpha value is -1.67. The van der Waals surface area contributed by atoms with Gasteiger partial charge in [-0.15, -0.1) is 0 Å². The third-order valence-electron chi connectivity index (χ3n) is 4.38. The van der Waals surface area contributed by atoms with Gasteiger partial charge in [-0.1, -0.05) is 76.7 Å². The van der Waals surface area contributed by atoms with Gasteiger partial charge in [-0.3, -0.25) is 4.55 Å². The largest absolute Gasteiger partial charge is 0.506 e. The van der Waals surface area contributed by atoms with Crippen molar-refractivity contribution in [3.05, 3.63) is 91.4 Å². The molecule has 3 aromatic carbocycles. The number of aromatic hydroxyl groups is 2. The van der Waals surface area contributed by atoms with Crippen LogP contribution in [-0.4, -0.2) is 23.2 Å². The van der Waals surface area contributed by atoms with E-state index >= 15 is 0 Å². The van der Waals surface area contributed by atoms with Crippen LogP contribution < -0.4 is 0 Å². The molecule has 3 aromatic rings. The Morgan fingerprint density at radius 1 is 0.724 bits per heavy atom. The van der Waals surface area contributed by atoms with Crippen molar-refractivity contribution in [1.29, 1.82) is 0 Å². The molecular formula is C19H12Cl4O5S. The second-order valence-electron chi connectivity index (χ2n) is 6.09. The Morgan fingerprint density at radius 2 is 1.14 bits per heavy atom. The lowest BCUT2D eigenvalue weighted by Gasteiger charge is -2.34. The summed E-state index contributed by atoms with van der Waals surface area (Å²) >= 11 is 24.2. The maximum atomic E-state index is 13.0. The van der Waals surface area contributed by atoms with E-state index in [1.54, 1.807) is 6.07 Å². The highest BCUT2D eigenvalue weighted by atomic mass is 35.5. The van der Waals surface area contributed by atoms with E-state index in [0.29, 0.717) is 0 Å². The van der Waals surface area contributed by atoms with Crippen LogP contribution >= 0.6 is 46.4 Å². The molecule has 29 heavy (non-hydrogen) atoms. The van der Waals surface area contributed by atoms with E-state index in [1.807, 2.05) is 0 Å². The number of benzene rings is 3. The fraction of sp³-hybridized carbons (Fsp3) is 0.0526. The number of halogens is 4. The van der Waals surface area contributed by atoms with Gasteiger partial charge in [-0.05, 0) is 29.8 Å². The molecule has 0 aliphatic heterocycles. The molecule has 0 fully saturated rings. The molecule has 152 valence electrons. The van der Waals surface area contributed by atoms with Crippen molar-refractivity contribution in [2.75, 3.05) is 0 Å². The molecule has 0 radical (unpaired) electrons. The first-order valence-electron chi connectivity index (χ1n) is 7.89. The number of hydrogen-bond acceptors (Lipinski definition) is 4. The summed E-state index contributed by atoms with van der Waals surface area (Å²) in [5.74, 6) is -1.32. The third-order valence-corrected chi connectivity index (χ3v) is 6.84. The summed E-state index contributed by atoms with van der Waals surface area (Å²) in [5, 5.41) is 20.8. The number of rotatable bonds is 4. The molecule has 0 aromatic heterocycles. The van der Waals surface area contributed by atoms with Crippen molar-refractivity contribution in [3.8, 4) is 11.5 Å². The van der Waals surface area contributed by atoms with Crippen LogP contribution in [0.5, 0.6) is 11.5 Å². The fourth-order valence-corrected chi connectivity index (χ4v) is 5.51. The maximum absolute atomic E-state index is 13.0. The maximum Gasteiger partial charge on any atom is 0.283 e.